The first-order valence-corrected chi connectivity index (χ1v) is 9.25. The number of rotatable bonds is 4. The molecule has 132 valence electrons. The molecule has 1 N–H and O–H groups in total. The van der Waals surface area contributed by atoms with E-state index in [1.54, 1.807) is 0 Å². The Morgan fingerprint density at radius 2 is 1.92 bits per heavy atom. The summed E-state index contributed by atoms with van der Waals surface area (Å²) in [5, 5.41) is 7.81. The van der Waals surface area contributed by atoms with Crippen LogP contribution in [0.4, 0.5) is 5.69 Å². The van der Waals surface area contributed by atoms with E-state index >= 15 is 0 Å². The summed E-state index contributed by atoms with van der Waals surface area (Å²) in [6.07, 6.45) is 3.84. The Balaban J connectivity index is 1.72. The molecule has 0 saturated heterocycles. The number of amides is 1. The fourth-order valence-corrected chi connectivity index (χ4v) is 3.78. The lowest BCUT2D eigenvalue weighted by Gasteiger charge is -2.12. The number of para-hydroxylation sites is 2. The van der Waals surface area contributed by atoms with Crippen LogP contribution in [0.15, 0.2) is 48.5 Å². The molecule has 4 heteroatoms. The van der Waals surface area contributed by atoms with Gasteiger partial charge in [-0.15, -0.1) is 0 Å². The zero-order chi connectivity index (χ0) is 18.1. The zero-order valence-electron chi connectivity index (χ0n) is 15.2. The van der Waals surface area contributed by atoms with Gasteiger partial charge in [0.25, 0.3) is 5.91 Å². The molecule has 0 spiro atoms. The van der Waals surface area contributed by atoms with Crippen molar-refractivity contribution in [3.05, 3.63) is 76.6 Å². The van der Waals surface area contributed by atoms with Crippen LogP contribution in [0.3, 0.4) is 0 Å². The van der Waals surface area contributed by atoms with Crippen molar-refractivity contribution in [2.75, 3.05) is 5.32 Å². The molecule has 4 nitrogen and oxygen atoms in total. The number of nitrogens with zero attached hydrogens (tertiary/aromatic N) is 2. The second kappa shape index (κ2) is 6.79. The molecular formula is C22H23N3O. The van der Waals surface area contributed by atoms with Gasteiger partial charge in [-0.2, -0.15) is 5.10 Å². The van der Waals surface area contributed by atoms with Gasteiger partial charge >= 0.3 is 0 Å². The molecular weight excluding hydrogens is 322 g/mol. The van der Waals surface area contributed by atoms with Gasteiger partial charge in [-0.05, 0) is 55.9 Å². The van der Waals surface area contributed by atoms with E-state index in [9.17, 15) is 4.79 Å². The average Bonchev–Trinajstić information content (AvgIpc) is 3.26. The Morgan fingerprint density at radius 1 is 1.12 bits per heavy atom. The second-order valence-electron chi connectivity index (χ2n) is 6.79. The highest BCUT2D eigenvalue weighted by molar-refractivity contribution is 6.05. The van der Waals surface area contributed by atoms with Crippen molar-refractivity contribution in [2.45, 2.75) is 39.5 Å². The number of hydrogen-bond acceptors (Lipinski definition) is 2. The summed E-state index contributed by atoms with van der Waals surface area (Å²) in [6, 6.07) is 16.2. The Morgan fingerprint density at radius 3 is 2.69 bits per heavy atom. The number of nitrogens with one attached hydrogen (secondary N) is 1. The summed E-state index contributed by atoms with van der Waals surface area (Å²) in [6.45, 7) is 4.13. The normalized spacial score (nSPS) is 12.8. The van der Waals surface area contributed by atoms with Crippen molar-refractivity contribution >= 4 is 11.6 Å². The second-order valence-corrected chi connectivity index (χ2v) is 6.79. The zero-order valence-corrected chi connectivity index (χ0v) is 15.2. The van der Waals surface area contributed by atoms with Crippen molar-refractivity contribution in [1.82, 2.24) is 9.78 Å². The molecule has 0 unspecified atom stereocenters. The number of carbonyl (C=O) groups excluding carboxylic acids is 1. The SMILES string of the molecule is CCc1cccc(C)c1NC(=O)c1nn(-c2ccccc2)c2c1CCC2. The maximum absolute atomic E-state index is 13.1. The molecule has 0 radical (unpaired) electrons. The van der Waals surface area contributed by atoms with Crippen LogP contribution in [0, 0.1) is 6.92 Å². The van der Waals surface area contributed by atoms with E-state index in [-0.39, 0.29) is 5.91 Å². The van der Waals surface area contributed by atoms with E-state index in [0.717, 1.165) is 53.7 Å². The maximum Gasteiger partial charge on any atom is 0.276 e. The van der Waals surface area contributed by atoms with Crippen LogP contribution in [-0.2, 0) is 19.3 Å². The number of anilines is 1. The molecule has 1 aromatic heterocycles. The van der Waals surface area contributed by atoms with Gasteiger partial charge < -0.3 is 5.32 Å². The minimum atomic E-state index is -0.109. The molecule has 2 aromatic carbocycles. The van der Waals surface area contributed by atoms with Gasteiger partial charge in [0.1, 0.15) is 0 Å². The number of carbonyl (C=O) groups is 1. The van der Waals surface area contributed by atoms with Gasteiger partial charge in [0.2, 0.25) is 0 Å². The highest BCUT2D eigenvalue weighted by atomic mass is 16.2. The number of hydrogen-bond donors (Lipinski definition) is 1. The van der Waals surface area contributed by atoms with Crippen LogP contribution < -0.4 is 5.32 Å². The number of fused-ring (bicyclic) bond motifs is 1. The standard InChI is InChI=1S/C22H23N3O/c1-3-16-10-7-9-15(2)20(16)23-22(26)21-18-13-8-14-19(18)25(24-21)17-11-5-4-6-12-17/h4-7,9-12H,3,8,13-14H2,1-2H3,(H,23,26). The predicted molar refractivity (Wildman–Crippen MR) is 104 cm³/mol. The first-order valence-electron chi connectivity index (χ1n) is 9.25. The van der Waals surface area contributed by atoms with E-state index in [0.29, 0.717) is 5.69 Å². The molecule has 1 heterocycles. The molecule has 0 atom stereocenters. The van der Waals surface area contributed by atoms with Gasteiger partial charge in [0, 0.05) is 16.9 Å². The lowest BCUT2D eigenvalue weighted by Crippen LogP contribution is -2.17. The van der Waals surface area contributed by atoms with Crippen molar-refractivity contribution in [1.29, 1.82) is 0 Å². The Bertz CT molecular complexity index is 957. The summed E-state index contributed by atoms with van der Waals surface area (Å²) >= 11 is 0. The Kier molecular flexibility index (Phi) is 4.33. The highest BCUT2D eigenvalue weighted by Gasteiger charge is 2.27. The molecule has 0 saturated carbocycles. The molecule has 0 bridgehead atoms. The molecule has 3 aromatic rings. The minimum Gasteiger partial charge on any atom is -0.320 e. The summed E-state index contributed by atoms with van der Waals surface area (Å²) in [4.78, 5) is 13.1. The van der Waals surface area contributed by atoms with Crippen LogP contribution in [0.5, 0.6) is 0 Å². The smallest absolute Gasteiger partial charge is 0.276 e. The summed E-state index contributed by atoms with van der Waals surface area (Å²) in [7, 11) is 0. The van der Waals surface area contributed by atoms with E-state index < -0.39 is 0 Å². The maximum atomic E-state index is 13.1. The molecule has 1 aliphatic rings. The lowest BCUT2D eigenvalue weighted by molar-refractivity contribution is 0.102. The van der Waals surface area contributed by atoms with Gasteiger partial charge in [-0.3, -0.25) is 4.79 Å². The molecule has 26 heavy (non-hydrogen) atoms. The first kappa shape index (κ1) is 16.6. The van der Waals surface area contributed by atoms with Crippen molar-refractivity contribution in [2.24, 2.45) is 0 Å². The third-order valence-corrected chi connectivity index (χ3v) is 5.12. The minimum absolute atomic E-state index is 0.109. The third-order valence-electron chi connectivity index (χ3n) is 5.12. The Labute approximate surface area is 153 Å². The summed E-state index contributed by atoms with van der Waals surface area (Å²) in [5.74, 6) is -0.109. The van der Waals surface area contributed by atoms with Crippen LogP contribution in [0.2, 0.25) is 0 Å². The van der Waals surface area contributed by atoms with Crippen molar-refractivity contribution in [3.8, 4) is 5.69 Å². The van der Waals surface area contributed by atoms with Gasteiger partial charge in [0.15, 0.2) is 5.69 Å². The van der Waals surface area contributed by atoms with Crippen LogP contribution in [0.1, 0.15) is 46.2 Å². The van der Waals surface area contributed by atoms with Gasteiger partial charge in [-0.1, -0.05) is 43.3 Å². The topological polar surface area (TPSA) is 46.9 Å². The monoisotopic (exact) mass is 345 g/mol. The quantitative estimate of drug-likeness (QED) is 0.757. The molecule has 1 aliphatic carbocycles. The van der Waals surface area contributed by atoms with Crippen LogP contribution in [-0.4, -0.2) is 15.7 Å². The van der Waals surface area contributed by atoms with Crippen molar-refractivity contribution < 1.29 is 4.79 Å². The van der Waals surface area contributed by atoms with E-state index in [4.69, 9.17) is 0 Å². The fraction of sp³-hybridized carbons (Fsp3) is 0.273. The summed E-state index contributed by atoms with van der Waals surface area (Å²) in [5.41, 5.74) is 6.98. The lowest BCUT2D eigenvalue weighted by atomic mass is 10.1. The predicted octanol–water partition coefficient (Wildman–Crippen LogP) is 4.48. The molecule has 1 amide bonds. The number of aryl methyl sites for hydroxylation is 2. The van der Waals surface area contributed by atoms with E-state index in [1.807, 2.05) is 54.1 Å². The van der Waals surface area contributed by atoms with Gasteiger partial charge in [-0.25, -0.2) is 4.68 Å². The van der Waals surface area contributed by atoms with Crippen molar-refractivity contribution in [3.63, 3.8) is 0 Å². The third kappa shape index (κ3) is 2.81. The van der Waals surface area contributed by atoms with Gasteiger partial charge in [0.05, 0.1) is 5.69 Å². The largest absolute Gasteiger partial charge is 0.320 e. The number of aromatic nitrogens is 2. The van der Waals surface area contributed by atoms with E-state index in [1.165, 1.54) is 5.69 Å². The van der Waals surface area contributed by atoms with Crippen LogP contribution in [0.25, 0.3) is 5.69 Å². The fourth-order valence-electron chi connectivity index (χ4n) is 3.78. The van der Waals surface area contributed by atoms with E-state index in [2.05, 4.69) is 23.4 Å². The molecule has 0 fully saturated rings. The number of benzene rings is 2. The summed E-state index contributed by atoms with van der Waals surface area (Å²) < 4.78 is 1.94. The highest BCUT2D eigenvalue weighted by Crippen LogP contribution is 2.29. The average molecular weight is 345 g/mol. The molecule has 0 aliphatic heterocycles. The van der Waals surface area contributed by atoms with Crippen LogP contribution >= 0.6 is 0 Å². The molecule has 4 rings (SSSR count). The Hall–Kier alpha value is -2.88. The first-order chi connectivity index (χ1) is 12.7.